The number of pyridine rings is 2. The largest absolute Gasteiger partial charge is 0.367 e. The first kappa shape index (κ1) is 23.5. The number of hydrogen-bond donors (Lipinski definition) is 1. The number of fused-ring (bicyclic) bond motifs is 1. The van der Waals surface area contributed by atoms with Crippen molar-refractivity contribution in [3.05, 3.63) is 90.6 Å². The first-order valence-corrected chi connectivity index (χ1v) is 12.2. The van der Waals surface area contributed by atoms with Crippen LogP contribution < -0.4 is 10.2 Å². The van der Waals surface area contributed by atoms with Gasteiger partial charge in [-0.3, -0.25) is 14.6 Å². The van der Waals surface area contributed by atoms with Gasteiger partial charge in [0.2, 0.25) is 11.8 Å². The fourth-order valence-corrected chi connectivity index (χ4v) is 4.75. The SMILES string of the molecule is CC(=O)N[C@@H](Cc1ccccc1)C(=O)N1CCN(c2cc(-c3ccccn3)nc3ccccc23)CC1. The van der Waals surface area contributed by atoms with E-state index in [1.807, 2.05) is 71.6 Å². The van der Waals surface area contributed by atoms with Gasteiger partial charge in [-0.25, -0.2) is 4.98 Å². The molecule has 7 nitrogen and oxygen atoms in total. The monoisotopic (exact) mass is 479 g/mol. The van der Waals surface area contributed by atoms with Gasteiger partial charge in [0.1, 0.15) is 6.04 Å². The van der Waals surface area contributed by atoms with Crippen molar-refractivity contribution in [3.63, 3.8) is 0 Å². The Morgan fingerprint density at radius 2 is 1.61 bits per heavy atom. The number of anilines is 1. The number of amides is 2. The maximum absolute atomic E-state index is 13.4. The predicted octanol–water partition coefficient (Wildman–Crippen LogP) is 3.69. The standard InChI is InChI=1S/C29H29N5O2/c1-21(35)31-27(19-22-9-3-2-4-10-22)29(36)34-17-15-33(16-18-34)28-20-26(25-13-7-8-14-30-25)32-24-12-6-5-11-23(24)28/h2-14,20,27H,15-19H2,1H3,(H,31,35)/t27-/m0/s1. The molecule has 0 unspecified atom stereocenters. The minimum absolute atomic E-state index is 0.0394. The summed E-state index contributed by atoms with van der Waals surface area (Å²) >= 11 is 0. The number of nitrogens with zero attached hydrogens (tertiary/aromatic N) is 4. The van der Waals surface area contributed by atoms with Gasteiger partial charge in [0.15, 0.2) is 0 Å². The number of aromatic nitrogens is 2. The zero-order valence-electron chi connectivity index (χ0n) is 20.3. The lowest BCUT2D eigenvalue weighted by Gasteiger charge is -2.38. The van der Waals surface area contributed by atoms with E-state index < -0.39 is 6.04 Å². The maximum Gasteiger partial charge on any atom is 0.245 e. The summed E-state index contributed by atoms with van der Waals surface area (Å²) in [5.41, 5.74) is 4.70. The Labute approximate surface area is 210 Å². The minimum Gasteiger partial charge on any atom is -0.367 e. The Bertz CT molecular complexity index is 1350. The average molecular weight is 480 g/mol. The van der Waals surface area contributed by atoms with E-state index in [0.29, 0.717) is 32.6 Å². The van der Waals surface area contributed by atoms with Crippen LogP contribution in [0.2, 0.25) is 0 Å². The second-order valence-electron chi connectivity index (χ2n) is 9.01. The van der Waals surface area contributed by atoms with Crippen molar-refractivity contribution in [2.75, 3.05) is 31.1 Å². The summed E-state index contributed by atoms with van der Waals surface area (Å²) in [6.07, 6.45) is 2.25. The summed E-state index contributed by atoms with van der Waals surface area (Å²) in [6.45, 7) is 4.01. The molecule has 1 atom stereocenters. The van der Waals surface area contributed by atoms with Crippen LogP contribution in [0.15, 0.2) is 85.1 Å². The molecule has 182 valence electrons. The van der Waals surface area contributed by atoms with Gasteiger partial charge < -0.3 is 15.1 Å². The Kier molecular flexibility index (Phi) is 6.89. The molecule has 36 heavy (non-hydrogen) atoms. The van der Waals surface area contributed by atoms with Crippen LogP contribution in [0.4, 0.5) is 5.69 Å². The lowest BCUT2D eigenvalue weighted by Crippen LogP contribution is -2.55. The molecular formula is C29H29N5O2. The molecule has 1 fully saturated rings. The normalized spacial score (nSPS) is 14.5. The Morgan fingerprint density at radius 1 is 0.889 bits per heavy atom. The second-order valence-corrected chi connectivity index (χ2v) is 9.01. The van der Waals surface area contributed by atoms with Crippen molar-refractivity contribution < 1.29 is 9.59 Å². The van der Waals surface area contributed by atoms with Gasteiger partial charge in [-0.2, -0.15) is 0 Å². The zero-order chi connectivity index (χ0) is 24.9. The van der Waals surface area contributed by atoms with Gasteiger partial charge in [0.25, 0.3) is 0 Å². The molecule has 3 heterocycles. The number of piperazine rings is 1. The predicted molar refractivity (Wildman–Crippen MR) is 142 cm³/mol. The van der Waals surface area contributed by atoms with Crippen LogP contribution in [0, 0.1) is 0 Å². The van der Waals surface area contributed by atoms with Gasteiger partial charge in [0, 0.05) is 56.8 Å². The summed E-state index contributed by atoms with van der Waals surface area (Å²) in [4.78, 5) is 38.7. The fraction of sp³-hybridized carbons (Fsp3) is 0.241. The van der Waals surface area contributed by atoms with E-state index in [-0.39, 0.29) is 11.8 Å². The van der Waals surface area contributed by atoms with Crippen molar-refractivity contribution in [2.45, 2.75) is 19.4 Å². The first-order chi connectivity index (χ1) is 17.6. The molecule has 0 saturated carbocycles. The summed E-state index contributed by atoms with van der Waals surface area (Å²) in [6, 6.07) is 25.3. The molecule has 5 rings (SSSR count). The third-order valence-corrected chi connectivity index (χ3v) is 6.51. The van der Waals surface area contributed by atoms with E-state index in [9.17, 15) is 9.59 Å². The Balaban J connectivity index is 1.35. The van der Waals surface area contributed by atoms with Crippen molar-refractivity contribution in [1.29, 1.82) is 0 Å². The van der Waals surface area contributed by atoms with Crippen LogP contribution in [-0.2, 0) is 16.0 Å². The maximum atomic E-state index is 13.4. The van der Waals surface area contributed by atoms with Gasteiger partial charge in [-0.15, -0.1) is 0 Å². The van der Waals surface area contributed by atoms with E-state index in [2.05, 4.69) is 27.3 Å². The molecule has 1 aliphatic heterocycles. The van der Waals surface area contributed by atoms with E-state index >= 15 is 0 Å². The number of nitrogens with one attached hydrogen (secondary N) is 1. The van der Waals surface area contributed by atoms with Crippen molar-refractivity contribution >= 4 is 28.4 Å². The molecule has 2 aromatic heterocycles. The number of carbonyl (C=O) groups is 2. The third kappa shape index (κ3) is 5.20. The summed E-state index contributed by atoms with van der Waals surface area (Å²) in [5.74, 6) is -0.240. The average Bonchev–Trinajstić information content (AvgIpc) is 2.92. The van der Waals surface area contributed by atoms with Gasteiger partial charge in [-0.1, -0.05) is 54.6 Å². The third-order valence-electron chi connectivity index (χ3n) is 6.51. The van der Waals surface area contributed by atoms with E-state index in [1.54, 1.807) is 6.20 Å². The lowest BCUT2D eigenvalue weighted by molar-refractivity contribution is -0.136. The van der Waals surface area contributed by atoms with Crippen LogP contribution in [-0.4, -0.2) is 58.9 Å². The highest BCUT2D eigenvalue weighted by Gasteiger charge is 2.29. The quantitative estimate of drug-likeness (QED) is 0.456. The van der Waals surface area contributed by atoms with E-state index in [4.69, 9.17) is 4.98 Å². The summed E-state index contributed by atoms with van der Waals surface area (Å²) in [5, 5.41) is 3.94. The van der Waals surface area contributed by atoms with Crippen LogP contribution in [0.25, 0.3) is 22.3 Å². The van der Waals surface area contributed by atoms with Crippen LogP contribution in [0.5, 0.6) is 0 Å². The van der Waals surface area contributed by atoms with Gasteiger partial charge in [0.05, 0.1) is 16.9 Å². The minimum atomic E-state index is -0.575. The molecule has 0 radical (unpaired) electrons. The van der Waals surface area contributed by atoms with E-state index in [0.717, 1.165) is 33.5 Å². The molecule has 1 N–H and O–H groups in total. The lowest BCUT2D eigenvalue weighted by atomic mass is 10.0. The molecule has 1 aliphatic rings. The summed E-state index contributed by atoms with van der Waals surface area (Å²) < 4.78 is 0. The second kappa shape index (κ2) is 10.6. The van der Waals surface area contributed by atoms with Gasteiger partial charge >= 0.3 is 0 Å². The molecule has 2 amide bonds. The van der Waals surface area contributed by atoms with E-state index in [1.165, 1.54) is 6.92 Å². The Morgan fingerprint density at radius 3 is 2.33 bits per heavy atom. The molecule has 7 heteroatoms. The molecule has 0 spiro atoms. The molecule has 1 saturated heterocycles. The fourth-order valence-electron chi connectivity index (χ4n) is 4.75. The highest BCUT2D eigenvalue weighted by molar-refractivity contribution is 5.94. The van der Waals surface area contributed by atoms with Crippen LogP contribution in [0.3, 0.4) is 0 Å². The number of para-hydroxylation sites is 1. The van der Waals surface area contributed by atoms with Crippen molar-refractivity contribution in [2.24, 2.45) is 0 Å². The zero-order valence-corrected chi connectivity index (χ0v) is 20.3. The number of hydrogen-bond acceptors (Lipinski definition) is 5. The number of benzene rings is 2. The van der Waals surface area contributed by atoms with Crippen molar-refractivity contribution in [1.82, 2.24) is 20.2 Å². The topological polar surface area (TPSA) is 78.4 Å². The molecule has 4 aromatic rings. The molecular weight excluding hydrogens is 450 g/mol. The smallest absolute Gasteiger partial charge is 0.245 e. The Hall–Kier alpha value is -4.26. The van der Waals surface area contributed by atoms with Crippen LogP contribution >= 0.6 is 0 Å². The number of carbonyl (C=O) groups excluding carboxylic acids is 2. The molecule has 2 aromatic carbocycles. The molecule has 0 aliphatic carbocycles. The van der Waals surface area contributed by atoms with Gasteiger partial charge in [-0.05, 0) is 29.8 Å². The van der Waals surface area contributed by atoms with Crippen molar-refractivity contribution in [3.8, 4) is 11.4 Å². The number of rotatable bonds is 6. The highest BCUT2D eigenvalue weighted by Crippen LogP contribution is 2.31. The summed E-state index contributed by atoms with van der Waals surface area (Å²) in [7, 11) is 0. The molecule has 0 bridgehead atoms. The first-order valence-electron chi connectivity index (χ1n) is 12.2. The van der Waals surface area contributed by atoms with Crippen LogP contribution in [0.1, 0.15) is 12.5 Å². The highest BCUT2D eigenvalue weighted by atomic mass is 16.2.